The van der Waals surface area contributed by atoms with Crippen LogP contribution in [0.1, 0.15) is 52.7 Å². The molecule has 86 heavy (non-hydrogen) atoms. The molecule has 4 aromatic heterocycles. The lowest BCUT2D eigenvalue weighted by Crippen LogP contribution is -2.15. The summed E-state index contributed by atoms with van der Waals surface area (Å²) in [5.74, 6) is 2.35. The Morgan fingerprint density at radius 1 is 0.349 bits per heavy atom. The molecule has 0 unspecified atom stereocenters. The second-order valence-electron chi connectivity index (χ2n) is 25.2. The van der Waals surface area contributed by atoms with Crippen molar-refractivity contribution < 1.29 is 4.74 Å². The van der Waals surface area contributed by atoms with Gasteiger partial charge in [0, 0.05) is 67.6 Å². The van der Waals surface area contributed by atoms with Crippen molar-refractivity contribution in [2.24, 2.45) is 0 Å². The highest BCUT2D eigenvalue weighted by molar-refractivity contribution is 6.22. The van der Waals surface area contributed by atoms with Crippen molar-refractivity contribution in [1.82, 2.24) is 18.7 Å². The van der Waals surface area contributed by atoms with Crippen LogP contribution in [0.3, 0.4) is 0 Å². The van der Waals surface area contributed by atoms with Gasteiger partial charge in [-0.25, -0.2) is 4.98 Å². The van der Waals surface area contributed by atoms with E-state index in [4.69, 9.17) is 9.72 Å². The summed E-state index contributed by atoms with van der Waals surface area (Å²) in [7, 11) is 0. The van der Waals surface area contributed by atoms with Gasteiger partial charge in [0.15, 0.2) is 0 Å². The van der Waals surface area contributed by atoms with E-state index >= 15 is 0 Å². The molecule has 0 aliphatic carbocycles. The van der Waals surface area contributed by atoms with Gasteiger partial charge in [-0.2, -0.15) is 0 Å². The van der Waals surface area contributed by atoms with E-state index in [-0.39, 0.29) is 10.8 Å². The molecule has 414 valence electrons. The maximum atomic E-state index is 7.09. The van der Waals surface area contributed by atoms with Crippen LogP contribution in [0.2, 0.25) is 0 Å². The van der Waals surface area contributed by atoms with Crippen molar-refractivity contribution in [2.75, 3.05) is 4.90 Å². The number of ether oxygens (including phenoxy) is 1. The molecule has 11 aromatic carbocycles. The number of aromatic nitrogens is 4. The smallest absolute Gasteiger partial charge is 0.137 e. The highest BCUT2D eigenvalue weighted by Gasteiger charge is 2.27. The van der Waals surface area contributed by atoms with E-state index in [0.717, 1.165) is 56.2 Å². The van der Waals surface area contributed by atoms with Gasteiger partial charge in [-0.1, -0.05) is 205 Å². The molecule has 0 N–H and O–H groups in total. The van der Waals surface area contributed by atoms with Crippen LogP contribution >= 0.6 is 0 Å². The Hall–Kier alpha value is -10.4. The highest BCUT2D eigenvalue weighted by atomic mass is 16.5. The second kappa shape index (κ2) is 19.6. The molecule has 0 fully saturated rings. The molecule has 0 saturated heterocycles. The number of hydrogen-bond acceptors (Lipinski definition) is 3. The molecule has 0 spiro atoms. The minimum atomic E-state index is -0.0928. The van der Waals surface area contributed by atoms with Crippen LogP contribution in [0, 0.1) is 0 Å². The number of anilines is 2. The van der Waals surface area contributed by atoms with Crippen LogP contribution < -0.4 is 9.64 Å². The summed E-state index contributed by atoms with van der Waals surface area (Å²) in [5.41, 5.74) is 17.2. The van der Waals surface area contributed by atoms with Crippen LogP contribution in [-0.2, 0) is 17.5 Å². The van der Waals surface area contributed by atoms with E-state index in [0.29, 0.717) is 6.67 Å². The lowest BCUT2D eigenvalue weighted by atomic mass is 9.83. The summed E-state index contributed by atoms with van der Waals surface area (Å²) in [6, 6.07) is 93.5. The van der Waals surface area contributed by atoms with Gasteiger partial charge in [-0.15, -0.1) is 0 Å². The molecule has 16 rings (SSSR count). The first-order valence-corrected chi connectivity index (χ1v) is 29.9. The largest absolute Gasteiger partial charge is 0.457 e. The monoisotopic (exact) mass is 1110 g/mol. The van der Waals surface area contributed by atoms with E-state index in [1.807, 2.05) is 6.20 Å². The van der Waals surface area contributed by atoms with E-state index < -0.39 is 0 Å². The number of rotatable bonds is 7. The zero-order valence-electron chi connectivity index (χ0n) is 49.2. The molecular formula is C80H63N5O. The third-order valence-corrected chi connectivity index (χ3v) is 17.9. The average Bonchev–Trinajstić information content (AvgIpc) is 1.66. The molecule has 0 atom stereocenters. The summed E-state index contributed by atoms with van der Waals surface area (Å²) in [4.78, 5) is 7.54. The molecule has 6 heteroatoms. The Bertz CT molecular complexity index is 5280. The van der Waals surface area contributed by atoms with Crippen molar-refractivity contribution in [2.45, 2.75) is 59.0 Å². The summed E-state index contributed by atoms with van der Waals surface area (Å²) in [6.45, 7) is 14.3. The Balaban J connectivity index is 0.865. The quantitative estimate of drug-likeness (QED) is 0.160. The fourth-order valence-corrected chi connectivity index (χ4v) is 13.6. The number of para-hydroxylation sites is 4. The first-order valence-electron chi connectivity index (χ1n) is 29.9. The number of fused-ring (bicyclic) bond motifs is 13. The van der Waals surface area contributed by atoms with Crippen molar-refractivity contribution in [1.29, 1.82) is 0 Å². The van der Waals surface area contributed by atoms with E-state index in [1.165, 1.54) is 98.5 Å². The fraction of sp³-hybridized carbons (Fsp3) is 0.113. The molecular weight excluding hydrogens is 1050 g/mol. The second-order valence-corrected chi connectivity index (χ2v) is 25.2. The molecule has 1 aliphatic rings. The Morgan fingerprint density at radius 3 is 1.62 bits per heavy atom. The van der Waals surface area contributed by atoms with Crippen LogP contribution in [0.4, 0.5) is 11.4 Å². The Labute approximate surface area is 500 Å². The van der Waals surface area contributed by atoms with Crippen molar-refractivity contribution in [3.63, 3.8) is 0 Å². The van der Waals surface area contributed by atoms with Gasteiger partial charge in [0.25, 0.3) is 0 Å². The highest BCUT2D eigenvalue weighted by Crippen LogP contribution is 2.47. The molecule has 0 radical (unpaired) electrons. The summed E-state index contributed by atoms with van der Waals surface area (Å²) in [5, 5.41) is 11.9. The first-order chi connectivity index (χ1) is 41.9. The molecule has 0 bridgehead atoms. The lowest BCUT2D eigenvalue weighted by Gasteiger charge is -2.23. The molecule has 15 aromatic rings. The van der Waals surface area contributed by atoms with Crippen LogP contribution in [-0.4, -0.2) is 18.7 Å². The zero-order chi connectivity index (χ0) is 58.0. The summed E-state index contributed by atoms with van der Waals surface area (Å²) in [6.07, 6.45) is 1.95. The lowest BCUT2D eigenvalue weighted by molar-refractivity contribution is 0.483. The van der Waals surface area contributed by atoms with Crippen LogP contribution in [0.5, 0.6) is 11.5 Å². The van der Waals surface area contributed by atoms with E-state index in [9.17, 15) is 0 Å². The minimum Gasteiger partial charge on any atom is -0.457 e. The maximum Gasteiger partial charge on any atom is 0.137 e. The molecule has 1 aliphatic heterocycles. The summed E-state index contributed by atoms with van der Waals surface area (Å²) < 4.78 is 14.4. The number of pyridine rings is 1. The van der Waals surface area contributed by atoms with E-state index in [1.54, 1.807) is 0 Å². The predicted octanol–water partition coefficient (Wildman–Crippen LogP) is 21.6. The van der Waals surface area contributed by atoms with Gasteiger partial charge < -0.3 is 18.8 Å². The molecule has 6 nitrogen and oxygen atoms in total. The van der Waals surface area contributed by atoms with Gasteiger partial charge in [-0.3, -0.25) is 4.57 Å². The fourth-order valence-electron chi connectivity index (χ4n) is 13.6. The SMILES string of the molecule is CC(C)(C)c1cc(-c2ccccc2)cc(-c2cccc3c4ccccc4c4ccccc4c4cccc5c4n(c23)CN5c2cccc(Oc3ccc4c5cc(-n6c7ccccc7c7ccccc76)ccc5n(-c5cc(C(C)(C)C)ccn5)c4c3)c2)c1. The van der Waals surface area contributed by atoms with Gasteiger partial charge in [0.05, 0.1) is 38.8 Å². The normalized spacial score (nSPS) is 12.7. The third-order valence-electron chi connectivity index (χ3n) is 17.9. The molecule has 5 heterocycles. The number of nitrogens with zero attached hydrogens (tertiary/aromatic N) is 5. The van der Waals surface area contributed by atoms with Crippen LogP contribution in [0.15, 0.2) is 261 Å². The Morgan fingerprint density at radius 2 is 0.919 bits per heavy atom. The van der Waals surface area contributed by atoms with Gasteiger partial charge in [-0.05, 0) is 139 Å². The van der Waals surface area contributed by atoms with Gasteiger partial charge >= 0.3 is 0 Å². The van der Waals surface area contributed by atoms with Gasteiger partial charge in [0.2, 0.25) is 0 Å². The zero-order valence-corrected chi connectivity index (χ0v) is 49.2. The molecule has 0 saturated carbocycles. The standard InChI is InChI=1S/C80H63N5O/c1-79(2,3)54-41-42-81-76(46-54)85-73-40-37-57(84-71-34-16-14-29-65(71)66-30-15-17-35-72(66)84)48-70(73)67-39-38-59(49-75(67)85)86-58-24-18-23-56(47-58)82-50-83-77-60(53-43-52(51-21-8-7-9-22-51)44-55(45-53)80(4,5)6)31-19-32-68(77)63-27-12-10-25-61(63)62-26-11-13-28-64(62)69-33-20-36-74(82)78(69)83/h7-49H,50H2,1-6H3. The topological polar surface area (TPSA) is 40.1 Å². The predicted molar refractivity (Wildman–Crippen MR) is 362 cm³/mol. The number of benzene rings is 11. The van der Waals surface area contributed by atoms with Crippen LogP contribution in [0.25, 0.3) is 121 Å². The molecule has 0 amide bonds. The van der Waals surface area contributed by atoms with E-state index in [2.05, 4.69) is 315 Å². The van der Waals surface area contributed by atoms with Crippen molar-refractivity contribution >= 4 is 98.3 Å². The minimum absolute atomic E-state index is 0.0738. The average molecular weight is 1110 g/mol. The first kappa shape index (κ1) is 51.2. The third kappa shape index (κ3) is 8.34. The van der Waals surface area contributed by atoms with Gasteiger partial charge in [0.1, 0.15) is 24.0 Å². The van der Waals surface area contributed by atoms with Crippen molar-refractivity contribution in [3.8, 4) is 45.3 Å². The summed E-state index contributed by atoms with van der Waals surface area (Å²) >= 11 is 0. The Kier molecular flexibility index (Phi) is 11.7. The number of hydrogen-bond donors (Lipinski definition) is 0. The maximum absolute atomic E-state index is 7.09. The van der Waals surface area contributed by atoms with Crippen molar-refractivity contribution in [3.05, 3.63) is 272 Å².